The van der Waals surface area contributed by atoms with Crippen LogP contribution in [0, 0.1) is 0 Å². The normalized spacial score (nSPS) is 14.0. The van der Waals surface area contributed by atoms with Gasteiger partial charge in [0, 0.05) is 12.1 Å². The van der Waals surface area contributed by atoms with Crippen LogP contribution in [0.3, 0.4) is 0 Å². The van der Waals surface area contributed by atoms with Gasteiger partial charge in [0.1, 0.15) is 5.75 Å². The van der Waals surface area contributed by atoms with E-state index in [2.05, 4.69) is 31.3 Å². The predicted molar refractivity (Wildman–Crippen MR) is 84.3 cm³/mol. The van der Waals surface area contributed by atoms with Crippen molar-refractivity contribution in [2.45, 2.75) is 58.0 Å². The van der Waals surface area contributed by atoms with Crippen LogP contribution in [0.25, 0.3) is 0 Å². The molecule has 2 N–H and O–H groups in total. The minimum Gasteiger partial charge on any atom is -0.497 e. The number of nitrogens with one attached hydrogen (secondary N) is 1. The fraction of sp³-hybridized carbons (Fsp3) is 0.647. The van der Waals surface area contributed by atoms with Crippen molar-refractivity contribution in [2.24, 2.45) is 0 Å². The van der Waals surface area contributed by atoms with Crippen molar-refractivity contribution in [3.8, 4) is 5.75 Å². The zero-order chi connectivity index (χ0) is 14.8. The second-order valence-electron chi connectivity index (χ2n) is 5.48. The highest BCUT2D eigenvalue weighted by Crippen LogP contribution is 2.13. The second-order valence-corrected chi connectivity index (χ2v) is 5.48. The summed E-state index contributed by atoms with van der Waals surface area (Å²) in [5, 5.41) is 12.9. The summed E-state index contributed by atoms with van der Waals surface area (Å²) < 4.78 is 5.16. The maximum atomic E-state index is 9.37. The largest absolute Gasteiger partial charge is 0.497 e. The Morgan fingerprint density at radius 2 is 1.90 bits per heavy atom. The first-order valence-corrected chi connectivity index (χ1v) is 7.69. The average molecular weight is 279 g/mol. The lowest BCUT2D eigenvalue weighted by Gasteiger charge is -2.21. The topological polar surface area (TPSA) is 41.5 Å². The molecular formula is C17H29NO2. The molecule has 0 radical (unpaired) electrons. The summed E-state index contributed by atoms with van der Waals surface area (Å²) in [6.45, 7) is 4.60. The van der Waals surface area contributed by atoms with Crippen molar-refractivity contribution in [1.29, 1.82) is 0 Å². The number of methoxy groups -OCH3 is 1. The van der Waals surface area contributed by atoms with Crippen molar-refractivity contribution in [1.82, 2.24) is 5.32 Å². The zero-order valence-corrected chi connectivity index (χ0v) is 13.1. The molecule has 0 aliphatic heterocycles. The molecule has 0 bridgehead atoms. The van der Waals surface area contributed by atoms with Crippen molar-refractivity contribution in [3.05, 3.63) is 29.8 Å². The van der Waals surface area contributed by atoms with E-state index in [0.717, 1.165) is 25.0 Å². The van der Waals surface area contributed by atoms with E-state index in [9.17, 15) is 5.11 Å². The fourth-order valence-electron chi connectivity index (χ4n) is 2.34. The van der Waals surface area contributed by atoms with Crippen molar-refractivity contribution < 1.29 is 9.84 Å². The zero-order valence-electron chi connectivity index (χ0n) is 13.1. The molecule has 2 atom stereocenters. The quantitative estimate of drug-likeness (QED) is 0.691. The summed E-state index contributed by atoms with van der Waals surface area (Å²) in [4.78, 5) is 0. The van der Waals surface area contributed by atoms with Crippen molar-refractivity contribution >= 4 is 0 Å². The van der Waals surface area contributed by atoms with Crippen LogP contribution in [0.5, 0.6) is 5.75 Å². The summed E-state index contributed by atoms with van der Waals surface area (Å²) in [6, 6.07) is 8.90. The van der Waals surface area contributed by atoms with E-state index < -0.39 is 0 Å². The molecule has 0 spiro atoms. The minimum absolute atomic E-state index is 0.229. The summed E-state index contributed by atoms with van der Waals surface area (Å²) in [6.07, 6.45) is 5.53. The highest BCUT2D eigenvalue weighted by Gasteiger charge is 2.10. The molecule has 0 aromatic heterocycles. The summed E-state index contributed by atoms with van der Waals surface area (Å²) in [5.41, 5.74) is 1.33. The third-order valence-corrected chi connectivity index (χ3v) is 3.67. The second kappa shape index (κ2) is 9.78. The monoisotopic (exact) mass is 279 g/mol. The number of ether oxygens (including phenoxy) is 1. The van der Waals surface area contributed by atoms with Gasteiger partial charge >= 0.3 is 0 Å². The van der Waals surface area contributed by atoms with E-state index in [-0.39, 0.29) is 12.6 Å². The van der Waals surface area contributed by atoms with Crippen LogP contribution < -0.4 is 10.1 Å². The molecule has 1 rings (SSSR count). The van der Waals surface area contributed by atoms with E-state index in [1.54, 1.807) is 7.11 Å². The molecule has 3 heteroatoms. The number of unbranched alkanes of at least 4 members (excludes halogenated alkanes) is 1. The molecule has 0 saturated carbocycles. The highest BCUT2D eigenvalue weighted by molar-refractivity contribution is 5.27. The van der Waals surface area contributed by atoms with Gasteiger partial charge in [-0.2, -0.15) is 0 Å². The number of benzene rings is 1. The van der Waals surface area contributed by atoms with E-state index in [1.165, 1.54) is 18.4 Å². The average Bonchev–Trinajstić information content (AvgIpc) is 2.49. The molecule has 0 fully saturated rings. The van der Waals surface area contributed by atoms with E-state index in [1.807, 2.05) is 12.1 Å². The SMILES string of the molecule is CCCC[C@H](CO)N[C@H](C)CCc1ccc(OC)cc1. The molecule has 114 valence electrons. The van der Waals surface area contributed by atoms with Gasteiger partial charge in [-0.25, -0.2) is 0 Å². The number of hydrogen-bond acceptors (Lipinski definition) is 3. The third kappa shape index (κ3) is 6.40. The summed E-state index contributed by atoms with van der Waals surface area (Å²) in [5.74, 6) is 0.903. The molecule has 0 heterocycles. The molecule has 0 aliphatic carbocycles. The van der Waals surface area contributed by atoms with Crippen LogP contribution in [0.1, 0.15) is 45.1 Å². The lowest BCUT2D eigenvalue weighted by Crippen LogP contribution is -2.39. The number of aryl methyl sites for hydroxylation is 1. The van der Waals surface area contributed by atoms with Crippen molar-refractivity contribution in [3.63, 3.8) is 0 Å². The minimum atomic E-state index is 0.229. The molecular weight excluding hydrogens is 250 g/mol. The molecule has 0 aliphatic rings. The van der Waals surface area contributed by atoms with Gasteiger partial charge in [0.2, 0.25) is 0 Å². The molecule has 20 heavy (non-hydrogen) atoms. The number of aliphatic hydroxyl groups is 1. The standard InChI is InChI=1S/C17H29NO2/c1-4-5-6-16(13-19)18-14(2)7-8-15-9-11-17(20-3)12-10-15/h9-12,14,16,18-19H,4-8,13H2,1-3H3/t14-,16-/m1/s1. The molecule has 0 amide bonds. The van der Waals surface area contributed by atoms with E-state index in [0.29, 0.717) is 6.04 Å². The van der Waals surface area contributed by atoms with E-state index >= 15 is 0 Å². The van der Waals surface area contributed by atoms with Crippen LogP contribution in [0.2, 0.25) is 0 Å². The Kier molecular flexibility index (Phi) is 8.31. The summed E-state index contributed by atoms with van der Waals surface area (Å²) >= 11 is 0. The highest BCUT2D eigenvalue weighted by atomic mass is 16.5. The van der Waals surface area contributed by atoms with Gasteiger partial charge in [0.15, 0.2) is 0 Å². The Morgan fingerprint density at radius 3 is 2.45 bits per heavy atom. The Hall–Kier alpha value is -1.06. The van der Waals surface area contributed by atoms with Gasteiger partial charge in [-0.3, -0.25) is 0 Å². The van der Waals surface area contributed by atoms with Gasteiger partial charge in [-0.1, -0.05) is 31.9 Å². The first-order chi connectivity index (χ1) is 9.69. The van der Waals surface area contributed by atoms with Gasteiger partial charge in [0.25, 0.3) is 0 Å². The van der Waals surface area contributed by atoms with Crippen molar-refractivity contribution in [2.75, 3.05) is 13.7 Å². The van der Waals surface area contributed by atoms with Crippen LogP contribution in [0.15, 0.2) is 24.3 Å². The molecule has 1 aromatic carbocycles. The van der Waals surface area contributed by atoms with Gasteiger partial charge in [0.05, 0.1) is 13.7 Å². The maximum Gasteiger partial charge on any atom is 0.118 e. The fourth-order valence-corrected chi connectivity index (χ4v) is 2.34. The van der Waals surface area contributed by atoms with Gasteiger partial charge in [-0.15, -0.1) is 0 Å². The Bertz CT molecular complexity index is 351. The predicted octanol–water partition coefficient (Wildman–Crippen LogP) is 3.16. The Labute approximate surface area is 123 Å². The number of hydrogen-bond donors (Lipinski definition) is 2. The molecule has 0 unspecified atom stereocenters. The smallest absolute Gasteiger partial charge is 0.118 e. The van der Waals surface area contributed by atoms with Crippen LogP contribution in [0.4, 0.5) is 0 Å². The maximum absolute atomic E-state index is 9.37. The first-order valence-electron chi connectivity index (χ1n) is 7.69. The lowest BCUT2D eigenvalue weighted by atomic mass is 10.0. The lowest BCUT2D eigenvalue weighted by molar-refractivity contribution is 0.222. The van der Waals surface area contributed by atoms with E-state index in [4.69, 9.17) is 4.74 Å². The first kappa shape index (κ1) is 17.0. The van der Waals surface area contributed by atoms with Gasteiger partial charge in [-0.05, 0) is 43.9 Å². The molecule has 3 nitrogen and oxygen atoms in total. The van der Waals surface area contributed by atoms with Crippen LogP contribution in [-0.4, -0.2) is 30.9 Å². The number of rotatable bonds is 10. The number of aliphatic hydroxyl groups excluding tert-OH is 1. The van der Waals surface area contributed by atoms with Crippen LogP contribution >= 0.6 is 0 Å². The Morgan fingerprint density at radius 1 is 1.20 bits per heavy atom. The third-order valence-electron chi connectivity index (χ3n) is 3.67. The molecule has 1 aromatic rings. The molecule has 0 saturated heterocycles. The Balaban J connectivity index is 2.31. The van der Waals surface area contributed by atoms with Crippen LogP contribution in [-0.2, 0) is 6.42 Å². The summed E-state index contributed by atoms with van der Waals surface area (Å²) in [7, 11) is 1.69. The van der Waals surface area contributed by atoms with Gasteiger partial charge < -0.3 is 15.2 Å².